The van der Waals surface area contributed by atoms with Crippen LogP contribution in [0.25, 0.3) is 0 Å². The zero-order valence-electron chi connectivity index (χ0n) is 7.00. The maximum Gasteiger partial charge on any atom is 1.00 e. The van der Waals surface area contributed by atoms with E-state index in [9.17, 15) is 9.90 Å². The first-order chi connectivity index (χ1) is 4.41. The minimum Gasteiger partial charge on any atom is -0.547 e. The fraction of sp³-hybridized carbons (Fsp3) is 0.833. The van der Waals surface area contributed by atoms with Crippen molar-refractivity contribution in [3.63, 3.8) is 0 Å². The van der Waals surface area contributed by atoms with Crippen LogP contribution in [0.1, 0.15) is 13.8 Å². The number of rotatable bonds is 3. The van der Waals surface area contributed by atoms with Gasteiger partial charge in [0.25, 0.3) is 0 Å². The monoisotopic (exact) mass is 154 g/mol. The summed E-state index contributed by atoms with van der Waals surface area (Å²) >= 11 is 0. The van der Waals surface area contributed by atoms with E-state index in [1.54, 1.807) is 0 Å². The van der Waals surface area contributed by atoms with Gasteiger partial charge in [0.05, 0.1) is 12.6 Å². The number of carbonyl (C=O) groups is 1. The van der Waals surface area contributed by atoms with Crippen molar-refractivity contribution in [2.24, 2.45) is 5.41 Å². The molecule has 0 bridgehead atoms. The molecule has 0 unspecified atom stereocenters. The summed E-state index contributed by atoms with van der Waals surface area (Å²) in [6.07, 6.45) is -1.61. The van der Waals surface area contributed by atoms with Crippen LogP contribution in [-0.4, -0.2) is 28.9 Å². The van der Waals surface area contributed by atoms with Gasteiger partial charge in [-0.15, -0.1) is 0 Å². The molecule has 0 spiro atoms. The summed E-state index contributed by atoms with van der Waals surface area (Å²) in [6.45, 7) is 2.49. The fourth-order valence-corrected chi connectivity index (χ4v) is 0.406. The van der Waals surface area contributed by atoms with E-state index in [4.69, 9.17) is 10.2 Å². The van der Waals surface area contributed by atoms with Gasteiger partial charge in [-0.25, -0.2) is 0 Å². The molecule has 5 heteroatoms. The molecule has 0 aliphatic carbocycles. The molecule has 0 fully saturated rings. The molecular weight excluding hydrogens is 143 g/mol. The van der Waals surface area contributed by atoms with Crippen LogP contribution in [0, 0.1) is 5.41 Å². The Morgan fingerprint density at radius 3 is 2.09 bits per heavy atom. The molecule has 0 radical (unpaired) electrons. The second-order valence-corrected chi connectivity index (χ2v) is 2.87. The first kappa shape index (κ1) is 13.6. The summed E-state index contributed by atoms with van der Waals surface area (Å²) in [5, 5.41) is 27.4. The molecule has 0 heterocycles. The number of carbonyl (C=O) groups excluding carboxylic acids is 1. The van der Waals surface area contributed by atoms with Crippen LogP contribution in [-0.2, 0) is 4.79 Å². The molecular formula is C6H11LiO4. The number of carboxylic acid groups (broad SMARTS) is 1. The predicted octanol–water partition coefficient (Wildman–Crippen LogP) is -4.88. The molecule has 0 aromatic carbocycles. The van der Waals surface area contributed by atoms with Crippen LogP contribution in [0.5, 0.6) is 0 Å². The Kier molecular flexibility index (Phi) is 5.90. The summed E-state index contributed by atoms with van der Waals surface area (Å²) in [4.78, 5) is 10.0. The first-order valence-corrected chi connectivity index (χ1v) is 2.91. The molecule has 2 N–H and O–H groups in total. The molecule has 0 amide bonds. The molecule has 11 heavy (non-hydrogen) atoms. The third kappa shape index (κ3) is 3.78. The van der Waals surface area contributed by atoms with Gasteiger partial charge in [0.1, 0.15) is 6.10 Å². The fourth-order valence-electron chi connectivity index (χ4n) is 0.406. The molecule has 0 aromatic heterocycles. The number of aliphatic hydroxyl groups is 2. The van der Waals surface area contributed by atoms with Crippen LogP contribution in [0.15, 0.2) is 0 Å². The SMILES string of the molecule is CC(C)(CO)[C@@H](O)C(=O)[O-].[Li+]. The molecule has 4 nitrogen and oxygen atoms in total. The van der Waals surface area contributed by atoms with Crippen molar-refractivity contribution in [2.45, 2.75) is 20.0 Å². The Morgan fingerprint density at radius 2 is 2.00 bits per heavy atom. The molecule has 60 valence electrons. The van der Waals surface area contributed by atoms with Gasteiger partial charge >= 0.3 is 18.9 Å². The third-order valence-electron chi connectivity index (χ3n) is 1.37. The molecule has 1 atom stereocenters. The van der Waals surface area contributed by atoms with E-state index in [0.29, 0.717) is 0 Å². The Hall–Kier alpha value is -0.0126. The van der Waals surface area contributed by atoms with Gasteiger partial charge in [-0.3, -0.25) is 0 Å². The normalized spacial score (nSPS) is 13.5. The molecule has 0 saturated carbocycles. The molecule has 0 aromatic rings. The topological polar surface area (TPSA) is 80.6 Å². The van der Waals surface area contributed by atoms with Crippen molar-refractivity contribution in [3.05, 3.63) is 0 Å². The van der Waals surface area contributed by atoms with E-state index in [0.717, 1.165) is 0 Å². The Morgan fingerprint density at radius 1 is 1.64 bits per heavy atom. The summed E-state index contributed by atoms with van der Waals surface area (Å²) in [7, 11) is 0. The van der Waals surface area contributed by atoms with Crippen LogP contribution in [0.3, 0.4) is 0 Å². The van der Waals surface area contributed by atoms with E-state index >= 15 is 0 Å². The second kappa shape index (κ2) is 4.78. The number of carboxylic acids is 1. The van der Waals surface area contributed by atoms with Gasteiger partial charge in [-0.1, -0.05) is 13.8 Å². The van der Waals surface area contributed by atoms with Gasteiger partial charge in [-0.2, -0.15) is 0 Å². The summed E-state index contributed by atoms with van der Waals surface area (Å²) in [5.41, 5.74) is -1.03. The van der Waals surface area contributed by atoms with E-state index < -0.39 is 17.5 Å². The van der Waals surface area contributed by atoms with Crippen LogP contribution in [0.4, 0.5) is 0 Å². The average molecular weight is 154 g/mol. The standard InChI is InChI=1S/C6H12O4.Li/c1-6(2,3-7)4(8)5(9)10;/h4,7-8H,3H2,1-2H3,(H,9,10);/q;+1/p-1/t4-;/m0./s1. The minimum atomic E-state index is -1.61. The van der Waals surface area contributed by atoms with E-state index in [-0.39, 0.29) is 25.5 Å². The average Bonchev–Trinajstić information content (AvgIpc) is 1.86. The van der Waals surface area contributed by atoms with E-state index in [2.05, 4.69) is 0 Å². The number of aliphatic hydroxyl groups excluding tert-OH is 2. The molecule has 0 rings (SSSR count). The third-order valence-corrected chi connectivity index (χ3v) is 1.37. The number of aliphatic carboxylic acids is 1. The minimum absolute atomic E-state index is 0. The van der Waals surface area contributed by atoms with Gasteiger partial charge in [0.15, 0.2) is 0 Å². The Labute approximate surface area is 77.4 Å². The summed E-state index contributed by atoms with van der Waals surface area (Å²) < 4.78 is 0. The van der Waals surface area contributed by atoms with Gasteiger partial charge < -0.3 is 20.1 Å². The van der Waals surface area contributed by atoms with E-state index in [1.165, 1.54) is 13.8 Å². The molecule has 0 saturated heterocycles. The van der Waals surface area contributed by atoms with Crippen molar-refractivity contribution in [2.75, 3.05) is 6.61 Å². The Bertz CT molecular complexity index is 135. The summed E-state index contributed by atoms with van der Waals surface area (Å²) in [5.74, 6) is -1.56. The summed E-state index contributed by atoms with van der Waals surface area (Å²) in [6, 6.07) is 0. The maximum absolute atomic E-state index is 10.0. The van der Waals surface area contributed by atoms with Crippen LogP contribution < -0.4 is 24.0 Å². The Balaban J connectivity index is 0. The first-order valence-electron chi connectivity index (χ1n) is 2.91. The molecule has 0 aliphatic rings. The van der Waals surface area contributed by atoms with Crippen molar-refractivity contribution >= 4 is 5.97 Å². The quantitative estimate of drug-likeness (QED) is 0.399. The number of hydrogen-bond acceptors (Lipinski definition) is 4. The molecule has 0 aliphatic heterocycles. The van der Waals surface area contributed by atoms with Crippen LogP contribution in [0.2, 0.25) is 0 Å². The largest absolute Gasteiger partial charge is 1.00 e. The van der Waals surface area contributed by atoms with Crippen molar-refractivity contribution < 1.29 is 39.0 Å². The smallest absolute Gasteiger partial charge is 0.547 e. The van der Waals surface area contributed by atoms with Crippen molar-refractivity contribution in [1.29, 1.82) is 0 Å². The van der Waals surface area contributed by atoms with E-state index in [1.807, 2.05) is 0 Å². The zero-order chi connectivity index (χ0) is 8.36. The second-order valence-electron chi connectivity index (χ2n) is 2.87. The predicted molar refractivity (Wildman–Crippen MR) is 31.9 cm³/mol. The van der Waals surface area contributed by atoms with Gasteiger partial charge in [0, 0.05) is 5.41 Å². The van der Waals surface area contributed by atoms with Crippen molar-refractivity contribution in [3.8, 4) is 0 Å². The zero-order valence-corrected chi connectivity index (χ0v) is 7.00. The van der Waals surface area contributed by atoms with Gasteiger partial charge in [0.2, 0.25) is 0 Å². The van der Waals surface area contributed by atoms with Crippen LogP contribution >= 0.6 is 0 Å². The van der Waals surface area contributed by atoms with Crippen molar-refractivity contribution in [1.82, 2.24) is 0 Å². The van der Waals surface area contributed by atoms with Gasteiger partial charge in [-0.05, 0) is 0 Å². The maximum atomic E-state index is 10.0. The number of hydrogen-bond donors (Lipinski definition) is 2.